The second-order valence-corrected chi connectivity index (χ2v) is 7.57. The standard InChI is InChI=1S/C22H24ClNO3/c23-19-12-10-17(11-13-19)20(14-21(25)26)24-22(27)18-8-6-16(7-9-18)15-4-2-1-3-5-15/h6-13,15,20H,1-5,14H2,(H,24,27)(H,25,26)/t20-/m1/s1. The van der Waals surface area contributed by atoms with Crippen LogP contribution in [0, 0.1) is 0 Å². The molecule has 1 fully saturated rings. The third-order valence-corrected chi connectivity index (χ3v) is 5.46. The van der Waals surface area contributed by atoms with E-state index in [9.17, 15) is 14.7 Å². The molecule has 4 nitrogen and oxygen atoms in total. The summed E-state index contributed by atoms with van der Waals surface area (Å²) in [4.78, 5) is 23.8. The Bertz CT molecular complexity index is 780. The van der Waals surface area contributed by atoms with Crippen molar-refractivity contribution in [2.45, 2.75) is 50.5 Å². The summed E-state index contributed by atoms with van der Waals surface area (Å²) in [6, 6.07) is 14.0. The van der Waals surface area contributed by atoms with E-state index in [2.05, 4.69) is 5.32 Å². The number of hydrogen-bond acceptors (Lipinski definition) is 2. The maximum Gasteiger partial charge on any atom is 0.305 e. The van der Waals surface area contributed by atoms with Crippen molar-refractivity contribution >= 4 is 23.5 Å². The molecule has 0 aliphatic heterocycles. The Morgan fingerprint density at radius 1 is 1.00 bits per heavy atom. The molecule has 142 valence electrons. The number of carbonyl (C=O) groups is 2. The number of aliphatic carboxylic acids is 1. The summed E-state index contributed by atoms with van der Waals surface area (Å²) in [6.45, 7) is 0. The second-order valence-electron chi connectivity index (χ2n) is 7.13. The van der Waals surface area contributed by atoms with Gasteiger partial charge in [-0.25, -0.2) is 0 Å². The van der Waals surface area contributed by atoms with Crippen LogP contribution in [0.2, 0.25) is 5.02 Å². The van der Waals surface area contributed by atoms with Gasteiger partial charge in [-0.15, -0.1) is 0 Å². The predicted molar refractivity (Wildman–Crippen MR) is 106 cm³/mol. The van der Waals surface area contributed by atoms with Crippen LogP contribution in [-0.4, -0.2) is 17.0 Å². The molecular weight excluding hydrogens is 362 g/mol. The third kappa shape index (κ3) is 5.33. The number of rotatable bonds is 6. The first-order valence-electron chi connectivity index (χ1n) is 9.41. The first-order valence-corrected chi connectivity index (χ1v) is 9.79. The summed E-state index contributed by atoms with van der Waals surface area (Å²) in [6.07, 6.45) is 6.08. The van der Waals surface area contributed by atoms with E-state index in [0.29, 0.717) is 22.1 Å². The number of hydrogen-bond donors (Lipinski definition) is 2. The second kappa shape index (κ2) is 9.05. The summed E-state index contributed by atoms with van der Waals surface area (Å²) in [5, 5.41) is 12.6. The molecule has 0 aromatic heterocycles. The molecule has 3 rings (SSSR count). The summed E-state index contributed by atoms with van der Waals surface area (Å²) in [5.74, 6) is -0.654. The van der Waals surface area contributed by atoms with E-state index in [1.807, 2.05) is 24.3 Å². The van der Waals surface area contributed by atoms with E-state index in [-0.39, 0.29) is 12.3 Å². The molecule has 0 bridgehead atoms. The SMILES string of the molecule is O=C(O)C[C@@H](NC(=O)c1ccc(C2CCCCC2)cc1)c1ccc(Cl)cc1. The molecule has 2 N–H and O–H groups in total. The zero-order valence-electron chi connectivity index (χ0n) is 15.2. The van der Waals surface area contributed by atoms with Crippen molar-refractivity contribution in [3.8, 4) is 0 Å². The first-order chi connectivity index (χ1) is 13.0. The number of carboxylic acid groups (broad SMARTS) is 1. The Hall–Kier alpha value is -2.33. The zero-order chi connectivity index (χ0) is 19.2. The van der Waals surface area contributed by atoms with Gasteiger partial charge >= 0.3 is 5.97 Å². The minimum Gasteiger partial charge on any atom is -0.481 e. The van der Waals surface area contributed by atoms with E-state index in [1.165, 1.54) is 37.7 Å². The number of nitrogens with one attached hydrogen (secondary N) is 1. The van der Waals surface area contributed by atoms with Crippen molar-refractivity contribution in [1.82, 2.24) is 5.32 Å². The summed E-state index contributed by atoms with van der Waals surface area (Å²) >= 11 is 5.90. The molecule has 1 aliphatic rings. The minimum absolute atomic E-state index is 0.187. The smallest absolute Gasteiger partial charge is 0.305 e. The number of halogens is 1. The lowest BCUT2D eigenvalue weighted by atomic mass is 9.84. The highest BCUT2D eigenvalue weighted by Crippen LogP contribution is 2.32. The summed E-state index contributed by atoms with van der Waals surface area (Å²) in [7, 11) is 0. The molecule has 5 heteroatoms. The van der Waals surface area contributed by atoms with Crippen molar-refractivity contribution < 1.29 is 14.7 Å². The van der Waals surface area contributed by atoms with Crippen LogP contribution in [0.3, 0.4) is 0 Å². The maximum absolute atomic E-state index is 12.6. The molecule has 0 spiro atoms. The third-order valence-electron chi connectivity index (χ3n) is 5.21. The Balaban J connectivity index is 1.70. The van der Waals surface area contributed by atoms with Crippen LogP contribution in [0.1, 0.15) is 72.0 Å². The van der Waals surface area contributed by atoms with Gasteiger partial charge in [0, 0.05) is 10.6 Å². The number of benzene rings is 2. The van der Waals surface area contributed by atoms with Crippen LogP contribution >= 0.6 is 11.6 Å². The topological polar surface area (TPSA) is 66.4 Å². The van der Waals surface area contributed by atoms with E-state index in [1.54, 1.807) is 24.3 Å². The van der Waals surface area contributed by atoms with Gasteiger partial charge < -0.3 is 10.4 Å². The molecule has 0 heterocycles. The zero-order valence-corrected chi connectivity index (χ0v) is 15.9. The van der Waals surface area contributed by atoms with Gasteiger partial charge in [0.05, 0.1) is 12.5 Å². The predicted octanol–water partition coefficient (Wildman–Crippen LogP) is 5.33. The van der Waals surface area contributed by atoms with Crippen LogP contribution in [0.5, 0.6) is 0 Å². The Kier molecular flexibility index (Phi) is 6.51. The average Bonchev–Trinajstić information content (AvgIpc) is 2.68. The Morgan fingerprint density at radius 2 is 1.63 bits per heavy atom. The van der Waals surface area contributed by atoms with Gasteiger partial charge in [0.15, 0.2) is 0 Å². The molecule has 0 unspecified atom stereocenters. The van der Waals surface area contributed by atoms with E-state index < -0.39 is 12.0 Å². The molecule has 2 aromatic rings. The lowest BCUT2D eigenvalue weighted by molar-refractivity contribution is -0.137. The molecule has 0 saturated heterocycles. The van der Waals surface area contributed by atoms with Crippen LogP contribution < -0.4 is 5.32 Å². The molecule has 0 radical (unpaired) electrons. The van der Waals surface area contributed by atoms with Gasteiger partial charge in [-0.2, -0.15) is 0 Å². The van der Waals surface area contributed by atoms with Gasteiger partial charge in [0.2, 0.25) is 0 Å². The first kappa shape index (κ1) is 19.4. The van der Waals surface area contributed by atoms with Crippen molar-refractivity contribution in [2.75, 3.05) is 0 Å². The van der Waals surface area contributed by atoms with Crippen LogP contribution in [-0.2, 0) is 4.79 Å². The fraction of sp³-hybridized carbons (Fsp3) is 0.364. The largest absolute Gasteiger partial charge is 0.481 e. The summed E-state index contributed by atoms with van der Waals surface area (Å²) < 4.78 is 0. The number of carbonyl (C=O) groups excluding carboxylic acids is 1. The average molecular weight is 386 g/mol. The van der Waals surface area contributed by atoms with E-state index in [0.717, 1.165) is 0 Å². The maximum atomic E-state index is 12.6. The number of carboxylic acids is 1. The molecule has 1 saturated carbocycles. The number of amides is 1. The lowest BCUT2D eigenvalue weighted by Crippen LogP contribution is -2.30. The highest BCUT2D eigenvalue weighted by molar-refractivity contribution is 6.30. The fourth-order valence-corrected chi connectivity index (χ4v) is 3.83. The Morgan fingerprint density at radius 3 is 2.22 bits per heavy atom. The monoisotopic (exact) mass is 385 g/mol. The van der Waals surface area contributed by atoms with Crippen molar-refractivity contribution in [1.29, 1.82) is 0 Å². The minimum atomic E-state index is -0.970. The van der Waals surface area contributed by atoms with E-state index in [4.69, 9.17) is 11.6 Å². The van der Waals surface area contributed by atoms with Gasteiger partial charge in [-0.1, -0.05) is 55.1 Å². The van der Waals surface area contributed by atoms with Crippen LogP contribution in [0.15, 0.2) is 48.5 Å². The molecular formula is C22H24ClNO3. The van der Waals surface area contributed by atoms with E-state index >= 15 is 0 Å². The van der Waals surface area contributed by atoms with Gasteiger partial charge in [0.1, 0.15) is 0 Å². The molecule has 1 aliphatic carbocycles. The van der Waals surface area contributed by atoms with Crippen molar-refractivity contribution in [2.24, 2.45) is 0 Å². The normalized spacial score (nSPS) is 15.9. The van der Waals surface area contributed by atoms with Gasteiger partial charge in [-0.3, -0.25) is 9.59 Å². The lowest BCUT2D eigenvalue weighted by Gasteiger charge is -2.22. The molecule has 2 aromatic carbocycles. The van der Waals surface area contributed by atoms with Crippen molar-refractivity contribution in [3.05, 3.63) is 70.2 Å². The summed E-state index contributed by atoms with van der Waals surface area (Å²) in [5.41, 5.74) is 2.54. The Labute approximate surface area is 164 Å². The van der Waals surface area contributed by atoms with Crippen LogP contribution in [0.4, 0.5) is 0 Å². The highest BCUT2D eigenvalue weighted by Gasteiger charge is 2.20. The fourth-order valence-electron chi connectivity index (χ4n) is 3.71. The van der Waals surface area contributed by atoms with Crippen molar-refractivity contribution in [3.63, 3.8) is 0 Å². The quantitative estimate of drug-likeness (QED) is 0.705. The van der Waals surface area contributed by atoms with Crippen LogP contribution in [0.25, 0.3) is 0 Å². The molecule has 1 amide bonds. The molecule has 1 atom stereocenters. The highest BCUT2D eigenvalue weighted by atomic mass is 35.5. The van der Waals surface area contributed by atoms with Gasteiger partial charge in [-0.05, 0) is 54.2 Å². The molecule has 27 heavy (non-hydrogen) atoms. The van der Waals surface area contributed by atoms with Gasteiger partial charge in [0.25, 0.3) is 5.91 Å².